The van der Waals surface area contributed by atoms with E-state index in [4.69, 9.17) is 28.4 Å². The highest BCUT2D eigenvalue weighted by atomic mass is 16.5. The van der Waals surface area contributed by atoms with E-state index in [9.17, 15) is 0 Å². The van der Waals surface area contributed by atoms with Gasteiger partial charge in [0.05, 0.1) is 13.2 Å². The van der Waals surface area contributed by atoms with Crippen molar-refractivity contribution < 1.29 is 28.4 Å². The van der Waals surface area contributed by atoms with Gasteiger partial charge in [0.1, 0.15) is 62.6 Å². The molecule has 6 aromatic rings. The highest BCUT2D eigenvalue weighted by molar-refractivity contribution is 5.40. The van der Waals surface area contributed by atoms with Crippen molar-refractivity contribution in [1.82, 2.24) is 0 Å². The Morgan fingerprint density at radius 3 is 0.827 bits per heavy atom. The Labute approximate surface area is 306 Å². The van der Waals surface area contributed by atoms with E-state index in [-0.39, 0.29) is 13.2 Å². The monoisotopic (exact) mass is 690 g/mol. The minimum absolute atomic E-state index is 0.263. The van der Waals surface area contributed by atoms with Gasteiger partial charge in [0.15, 0.2) is 0 Å². The zero-order valence-electron chi connectivity index (χ0n) is 29.1. The first-order valence-electron chi connectivity index (χ1n) is 17.3. The molecule has 0 saturated carbocycles. The van der Waals surface area contributed by atoms with Gasteiger partial charge >= 0.3 is 0 Å². The zero-order chi connectivity index (χ0) is 35.5. The van der Waals surface area contributed by atoms with Crippen LogP contribution in [0.2, 0.25) is 0 Å². The lowest BCUT2D eigenvalue weighted by Gasteiger charge is -2.13. The quantitative estimate of drug-likeness (QED) is 0.0662. The van der Waals surface area contributed by atoms with E-state index in [1.807, 2.05) is 158 Å². The van der Waals surface area contributed by atoms with Crippen molar-refractivity contribution in [3.8, 4) is 34.8 Å². The molecule has 0 aliphatic rings. The van der Waals surface area contributed by atoms with Gasteiger partial charge in [0.25, 0.3) is 0 Å². The normalized spacial score (nSPS) is 10.5. The molecule has 0 aromatic heterocycles. The smallest absolute Gasteiger partial charge is 0.123 e. The van der Waals surface area contributed by atoms with E-state index >= 15 is 0 Å². The number of ether oxygens (including phenoxy) is 6. The second kappa shape index (κ2) is 20.0. The Hall–Kier alpha value is -6.00. The standard InChI is InChI=1S/C46H42O6/c1-5-15-37(16-6-1)33-49-43-25-41(26-44(29-43)50-34-38-17-7-2-8-18-38)31-47-23-13-14-24-48-32-42-27-45(51-35-39-19-9-3-10-20-39)30-46(28-42)52-36-40-21-11-4-12-22-40/h1-12,15-22,25-30H,23-24,31-36H2. The summed E-state index contributed by atoms with van der Waals surface area (Å²) in [5.41, 5.74) is 6.24. The summed E-state index contributed by atoms with van der Waals surface area (Å²) in [6.07, 6.45) is 0. The largest absolute Gasteiger partial charge is 0.489 e. The minimum atomic E-state index is 0.263. The summed E-state index contributed by atoms with van der Waals surface area (Å²) in [5.74, 6) is 8.98. The fraction of sp³-hybridized carbons (Fsp3) is 0.174. The molecular formula is C46H42O6. The molecule has 0 heterocycles. The van der Waals surface area contributed by atoms with Crippen LogP contribution in [-0.4, -0.2) is 13.2 Å². The first kappa shape index (κ1) is 35.8. The van der Waals surface area contributed by atoms with Crippen LogP contribution in [0.15, 0.2) is 158 Å². The average Bonchev–Trinajstić information content (AvgIpc) is 3.20. The molecule has 52 heavy (non-hydrogen) atoms. The minimum Gasteiger partial charge on any atom is -0.489 e. The lowest BCUT2D eigenvalue weighted by Crippen LogP contribution is -2.01. The van der Waals surface area contributed by atoms with E-state index in [0.29, 0.717) is 39.6 Å². The van der Waals surface area contributed by atoms with Gasteiger partial charge in [-0.15, -0.1) is 0 Å². The molecule has 6 rings (SSSR count). The molecule has 0 unspecified atom stereocenters. The Morgan fingerprint density at radius 1 is 0.288 bits per heavy atom. The molecule has 0 spiro atoms. The lowest BCUT2D eigenvalue weighted by atomic mass is 10.2. The van der Waals surface area contributed by atoms with Crippen LogP contribution in [-0.2, 0) is 49.1 Å². The zero-order valence-corrected chi connectivity index (χ0v) is 29.1. The van der Waals surface area contributed by atoms with Crippen LogP contribution >= 0.6 is 0 Å². The van der Waals surface area contributed by atoms with Gasteiger partial charge in [-0.3, -0.25) is 0 Å². The highest BCUT2D eigenvalue weighted by Crippen LogP contribution is 2.27. The maximum atomic E-state index is 6.12. The van der Waals surface area contributed by atoms with Crippen molar-refractivity contribution in [3.63, 3.8) is 0 Å². The van der Waals surface area contributed by atoms with E-state index in [0.717, 1.165) is 56.4 Å². The highest BCUT2D eigenvalue weighted by Gasteiger charge is 2.07. The molecule has 0 amide bonds. The van der Waals surface area contributed by atoms with Gasteiger partial charge in [-0.25, -0.2) is 0 Å². The van der Waals surface area contributed by atoms with Crippen molar-refractivity contribution in [1.29, 1.82) is 0 Å². The van der Waals surface area contributed by atoms with Crippen molar-refractivity contribution >= 4 is 0 Å². The molecule has 0 fully saturated rings. The molecule has 6 nitrogen and oxygen atoms in total. The van der Waals surface area contributed by atoms with Crippen LogP contribution in [0.3, 0.4) is 0 Å². The number of rotatable bonds is 18. The second-order valence-electron chi connectivity index (χ2n) is 12.1. The van der Waals surface area contributed by atoms with Crippen LogP contribution < -0.4 is 18.9 Å². The third-order valence-electron chi connectivity index (χ3n) is 7.88. The molecule has 0 radical (unpaired) electrons. The maximum absolute atomic E-state index is 6.12. The SMILES string of the molecule is C(#CCOCc1cc(OCc2ccccc2)cc(OCc2ccccc2)c1)COCc1cc(OCc2ccccc2)cc(OCc2ccccc2)c1. The van der Waals surface area contributed by atoms with Gasteiger partial charge in [-0.1, -0.05) is 133 Å². The third-order valence-corrected chi connectivity index (χ3v) is 7.88. The Morgan fingerprint density at radius 2 is 0.558 bits per heavy atom. The van der Waals surface area contributed by atoms with Crippen LogP contribution in [0.1, 0.15) is 33.4 Å². The Bertz CT molecular complexity index is 1720. The average molecular weight is 691 g/mol. The molecule has 0 N–H and O–H groups in total. The fourth-order valence-electron chi connectivity index (χ4n) is 5.27. The molecule has 0 saturated heterocycles. The van der Waals surface area contributed by atoms with Crippen LogP contribution in [0.4, 0.5) is 0 Å². The summed E-state index contributed by atoms with van der Waals surface area (Å²) in [6.45, 7) is 3.09. The van der Waals surface area contributed by atoms with Crippen molar-refractivity contribution in [3.05, 3.63) is 191 Å². The Kier molecular flexibility index (Phi) is 13.8. The van der Waals surface area contributed by atoms with Crippen molar-refractivity contribution in [2.45, 2.75) is 39.6 Å². The summed E-state index contributed by atoms with van der Waals surface area (Å²) < 4.78 is 36.3. The molecule has 0 bridgehead atoms. The molecule has 6 aromatic carbocycles. The summed E-state index contributed by atoms with van der Waals surface area (Å²) in [6, 6.07) is 52.1. The van der Waals surface area contributed by atoms with E-state index < -0.39 is 0 Å². The van der Waals surface area contributed by atoms with Crippen molar-refractivity contribution in [2.75, 3.05) is 13.2 Å². The number of benzene rings is 6. The summed E-state index contributed by atoms with van der Waals surface area (Å²) in [5, 5.41) is 0. The molecule has 262 valence electrons. The third kappa shape index (κ3) is 12.4. The van der Waals surface area contributed by atoms with E-state index in [2.05, 4.69) is 11.8 Å². The van der Waals surface area contributed by atoms with Crippen LogP contribution in [0, 0.1) is 11.8 Å². The summed E-state index contributed by atoms with van der Waals surface area (Å²) in [7, 11) is 0. The van der Waals surface area contributed by atoms with Crippen LogP contribution in [0.5, 0.6) is 23.0 Å². The molecule has 0 aliphatic carbocycles. The van der Waals surface area contributed by atoms with Gasteiger partial charge in [-0.2, -0.15) is 0 Å². The first-order valence-corrected chi connectivity index (χ1v) is 17.3. The topological polar surface area (TPSA) is 55.4 Å². The molecule has 0 atom stereocenters. The number of hydrogen-bond donors (Lipinski definition) is 0. The summed E-state index contributed by atoms with van der Waals surface area (Å²) >= 11 is 0. The first-order chi connectivity index (χ1) is 25.7. The molecule has 6 heteroatoms. The predicted molar refractivity (Wildman–Crippen MR) is 203 cm³/mol. The number of hydrogen-bond acceptors (Lipinski definition) is 6. The van der Waals surface area contributed by atoms with Crippen LogP contribution in [0.25, 0.3) is 0 Å². The fourth-order valence-corrected chi connectivity index (χ4v) is 5.27. The van der Waals surface area contributed by atoms with Gasteiger partial charge in [0, 0.05) is 12.1 Å². The molecular weight excluding hydrogens is 649 g/mol. The second-order valence-corrected chi connectivity index (χ2v) is 12.1. The Balaban J connectivity index is 0.998. The summed E-state index contributed by atoms with van der Waals surface area (Å²) in [4.78, 5) is 0. The van der Waals surface area contributed by atoms with E-state index in [1.54, 1.807) is 0 Å². The lowest BCUT2D eigenvalue weighted by molar-refractivity contribution is 0.147. The molecule has 0 aliphatic heterocycles. The van der Waals surface area contributed by atoms with Gasteiger partial charge < -0.3 is 28.4 Å². The maximum Gasteiger partial charge on any atom is 0.123 e. The van der Waals surface area contributed by atoms with Gasteiger partial charge in [-0.05, 0) is 57.6 Å². The predicted octanol–water partition coefficient (Wildman–Crippen LogP) is 9.74. The van der Waals surface area contributed by atoms with Gasteiger partial charge in [0.2, 0.25) is 0 Å². The van der Waals surface area contributed by atoms with Crippen molar-refractivity contribution in [2.24, 2.45) is 0 Å². The van der Waals surface area contributed by atoms with E-state index in [1.165, 1.54) is 0 Å².